The summed E-state index contributed by atoms with van der Waals surface area (Å²) in [6.07, 6.45) is 0.695. The molecule has 0 saturated heterocycles. The molecule has 0 aliphatic heterocycles. The van der Waals surface area contributed by atoms with Crippen LogP contribution in [0.2, 0.25) is 0 Å². The number of Topliss-reactive ketones (excluding diaryl/α,β-unsaturated/α-hetero) is 1. The Kier molecular flexibility index (Phi) is 3.81. The van der Waals surface area contributed by atoms with Crippen molar-refractivity contribution >= 4 is 29.3 Å². The van der Waals surface area contributed by atoms with Crippen LogP contribution >= 0.6 is 23.6 Å². The molecular weight excluding hydrogens is 302 g/mol. The lowest BCUT2D eigenvalue weighted by Crippen LogP contribution is -2.03. The smallest absolute Gasteiger partial charge is 0.199 e. The van der Waals surface area contributed by atoms with Crippen LogP contribution in [0.4, 0.5) is 0 Å². The molecule has 21 heavy (non-hydrogen) atoms. The number of aromatic nitrogens is 3. The molecule has 4 nitrogen and oxygen atoms in total. The summed E-state index contributed by atoms with van der Waals surface area (Å²) in [5, 5.41) is 11.3. The molecule has 6 heteroatoms. The number of carbonyl (C=O) groups is 1. The van der Waals surface area contributed by atoms with Gasteiger partial charge < -0.3 is 0 Å². The topological polar surface area (TPSA) is 50.7 Å². The van der Waals surface area contributed by atoms with E-state index in [-0.39, 0.29) is 5.78 Å². The van der Waals surface area contributed by atoms with Crippen LogP contribution in [0.5, 0.6) is 0 Å². The van der Waals surface area contributed by atoms with Gasteiger partial charge in [-0.3, -0.25) is 14.5 Å². The second-order valence-electron chi connectivity index (χ2n) is 4.70. The maximum absolute atomic E-state index is 11.5. The third-order valence-electron chi connectivity index (χ3n) is 3.20. The van der Waals surface area contributed by atoms with E-state index in [0.29, 0.717) is 16.8 Å². The lowest BCUT2D eigenvalue weighted by atomic mass is 10.1. The summed E-state index contributed by atoms with van der Waals surface area (Å²) in [6, 6.07) is 9.49. The minimum atomic E-state index is 0.0336. The maximum atomic E-state index is 11.5. The Hall–Kier alpha value is -2.05. The van der Waals surface area contributed by atoms with Crippen LogP contribution in [-0.2, 0) is 6.42 Å². The summed E-state index contributed by atoms with van der Waals surface area (Å²) < 4.78 is 2.40. The molecule has 1 N–H and O–H groups in total. The summed E-state index contributed by atoms with van der Waals surface area (Å²) in [6.45, 7) is 1.56. The Morgan fingerprint density at radius 3 is 3.00 bits per heavy atom. The van der Waals surface area contributed by atoms with Crippen LogP contribution in [0.1, 0.15) is 28.7 Å². The highest BCUT2D eigenvalue weighted by atomic mass is 32.1. The molecule has 0 spiro atoms. The number of hydrogen-bond acceptors (Lipinski definition) is 4. The summed E-state index contributed by atoms with van der Waals surface area (Å²) in [7, 11) is 0. The van der Waals surface area contributed by atoms with Gasteiger partial charge in [0.15, 0.2) is 10.6 Å². The van der Waals surface area contributed by atoms with E-state index >= 15 is 0 Å². The van der Waals surface area contributed by atoms with E-state index in [0.717, 1.165) is 11.5 Å². The minimum Gasteiger partial charge on any atom is -0.295 e. The molecule has 0 amide bonds. The molecule has 0 radical (unpaired) electrons. The third kappa shape index (κ3) is 2.86. The monoisotopic (exact) mass is 315 g/mol. The fourth-order valence-corrected chi connectivity index (χ4v) is 3.08. The van der Waals surface area contributed by atoms with Gasteiger partial charge >= 0.3 is 0 Å². The summed E-state index contributed by atoms with van der Waals surface area (Å²) >= 11 is 6.98. The van der Waals surface area contributed by atoms with E-state index < -0.39 is 0 Å². The predicted octanol–water partition coefficient (Wildman–Crippen LogP) is 3.78. The Labute approximate surface area is 131 Å². The van der Waals surface area contributed by atoms with Gasteiger partial charge in [-0.25, -0.2) is 0 Å². The zero-order valence-electron chi connectivity index (χ0n) is 11.4. The van der Waals surface area contributed by atoms with Crippen LogP contribution in [0.3, 0.4) is 0 Å². The second-order valence-corrected chi connectivity index (χ2v) is 5.86. The van der Waals surface area contributed by atoms with Crippen molar-refractivity contribution in [3.63, 3.8) is 0 Å². The van der Waals surface area contributed by atoms with Crippen LogP contribution in [-0.4, -0.2) is 20.5 Å². The Morgan fingerprint density at radius 2 is 2.29 bits per heavy atom. The summed E-state index contributed by atoms with van der Waals surface area (Å²) in [4.78, 5) is 11.5. The molecular formula is C15H13N3OS2. The van der Waals surface area contributed by atoms with Gasteiger partial charge in [-0.2, -0.15) is 16.4 Å². The summed E-state index contributed by atoms with van der Waals surface area (Å²) in [5.74, 6) is 0.866. The van der Waals surface area contributed by atoms with Gasteiger partial charge in [0, 0.05) is 12.0 Å². The molecule has 2 aromatic heterocycles. The fourth-order valence-electron chi connectivity index (χ4n) is 2.15. The molecule has 3 rings (SSSR count). The average molecular weight is 315 g/mol. The molecule has 106 valence electrons. The minimum absolute atomic E-state index is 0.0336. The third-order valence-corrected chi connectivity index (χ3v) is 4.20. The Bertz CT molecular complexity index is 831. The van der Waals surface area contributed by atoms with Crippen LogP contribution < -0.4 is 0 Å². The van der Waals surface area contributed by atoms with Crippen LogP contribution in [0.25, 0.3) is 5.69 Å². The first-order valence-electron chi connectivity index (χ1n) is 6.44. The number of carbonyl (C=O) groups excluding carboxylic acids is 1. The van der Waals surface area contributed by atoms with Gasteiger partial charge in [0.1, 0.15) is 5.82 Å². The first kappa shape index (κ1) is 13.9. The summed E-state index contributed by atoms with van der Waals surface area (Å²) in [5.41, 5.74) is 2.71. The van der Waals surface area contributed by atoms with Crippen LogP contribution in [0, 0.1) is 4.77 Å². The lowest BCUT2D eigenvalue weighted by Gasteiger charge is -2.07. The van der Waals surface area contributed by atoms with E-state index in [1.54, 1.807) is 24.3 Å². The van der Waals surface area contributed by atoms with Gasteiger partial charge in [-0.1, -0.05) is 12.1 Å². The standard InChI is InChI=1S/C15H13N3OS2/c1-10(19)12-3-2-4-13(8-12)18-14(16-17-15(18)20)7-11-5-6-21-9-11/h2-6,8-9H,7H2,1H3,(H,17,20). The van der Waals surface area contributed by atoms with Crippen LogP contribution in [0.15, 0.2) is 41.1 Å². The van der Waals surface area contributed by atoms with Crippen molar-refractivity contribution < 1.29 is 4.79 Å². The molecule has 0 bridgehead atoms. The van der Waals surface area contributed by atoms with Crippen molar-refractivity contribution in [1.29, 1.82) is 0 Å². The maximum Gasteiger partial charge on any atom is 0.199 e. The van der Waals surface area contributed by atoms with E-state index in [1.807, 2.05) is 28.1 Å². The van der Waals surface area contributed by atoms with Crippen molar-refractivity contribution in [2.75, 3.05) is 0 Å². The number of nitrogens with one attached hydrogen (secondary N) is 1. The number of nitrogens with zero attached hydrogens (tertiary/aromatic N) is 2. The largest absolute Gasteiger partial charge is 0.295 e. The Morgan fingerprint density at radius 1 is 1.43 bits per heavy atom. The van der Waals surface area contributed by atoms with Gasteiger partial charge in [-0.15, -0.1) is 0 Å². The number of thiophene rings is 1. The quantitative estimate of drug-likeness (QED) is 0.589. The number of rotatable bonds is 4. The molecule has 0 fully saturated rings. The SMILES string of the molecule is CC(=O)c1cccc(-n2c(Cc3ccsc3)n[nH]c2=S)c1. The lowest BCUT2D eigenvalue weighted by molar-refractivity contribution is 0.101. The first-order chi connectivity index (χ1) is 10.1. The van der Waals surface area contributed by atoms with Crippen molar-refractivity contribution in [2.45, 2.75) is 13.3 Å². The number of H-pyrrole nitrogens is 1. The molecule has 0 unspecified atom stereocenters. The highest BCUT2D eigenvalue weighted by Crippen LogP contribution is 2.17. The van der Waals surface area contributed by atoms with E-state index in [1.165, 1.54) is 5.56 Å². The molecule has 0 saturated carbocycles. The van der Waals surface area contributed by atoms with Gasteiger partial charge in [0.2, 0.25) is 0 Å². The van der Waals surface area contributed by atoms with Crippen molar-refractivity contribution in [1.82, 2.24) is 14.8 Å². The van der Waals surface area contributed by atoms with E-state index in [9.17, 15) is 4.79 Å². The fraction of sp³-hybridized carbons (Fsp3) is 0.133. The van der Waals surface area contributed by atoms with E-state index in [4.69, 9.17) is 12.2 Å². The normalized spacial score (nSPS) is 10.7. The molecule has 2 heterocycles. The zero-order chi connectivity index (χ0) is 14.8. The highest BCUT2D eigenvalue weighted by Gasteiger charge is 2.10. The van der Waals surface area contributed by atoms with E-state index in [2.05, 4.69) is 21.6 Å². The molecule has 1 aromatic carbocycles. The van der Waals surface area contributed by atoms with Gasteiger partial charge in [0.05, 0.1) is 5.69 Å². The molecule has 0 aliphatic carbocycles. The Balaban J connectivity index is 2.06. The zero-order valence-corrected chi connectivity index (χ0v) is 13.0. The predicted molar refractivity (Wildman–Crippen MR) is 85.9 cm³/mol. The molecule has 0 atom stereocenters. The van der Waals surface area contributed by atoms with Crippen molar-refractivity contribution in [3.8, 4) is 5.69 Å². The number of aromatic amines is 1. The molecule has 0 aliphatic rings. The number of ketones is 1. The first-order valence-corrected chi connectivity index (χ1v) is 7.79. The highest BCUT2D eigenvalue weighted by molar-refractivity contribution is 7.71. The van der Waals surface area contributed by atoms with Crippen molar-refractivity contribution in [2.24, 2.45) is 0 Å². The molecule has 3 aromatic rings. The number of hydrogen-bond donors (Lipinski definition) is 1. The van der Waals surface area contributed by atoms with Crippen molar-refractivity contribution in [3.05, 3.63) is 62.8 Å². The van der Waals surface area contributed by atoms with Gasteiger partial charge in [-0.05, 0) is 53.7 Å². The second kappa shape index (κ2) is 5.75. The number of benzene rings is 1. The van der Waals surface area contributed by atoms with Gasteiger partial charge in [0.25, 0.3) is 0 Å². The average Bonchev–Trinajstić information content (AvgIpc) is 3.10.